The minimum Gasteiger partial charge on any atom is -0.489 e. The lowest BCUT2D eigenvalue weighted by Crippen LogP contribution is -2.14. The first kappa shape index (κ1) is 21.4. The molecule has 0 aliphatic carbocycles. The summed E-state index contributed by atoms with van der Waals surface area (Å²) in [5, 5.41) is 4.74. The summed E-state index contributed by atoms with van der Waals surface area (Å²) in [6.45, 7) is 5.74. The number of carbonyl (C=O) groups is 2. The first-order chi connectivity index (χ1) is 15.5. The predicted octanol–water partition coefficient (Wildman–Crippen LogP) is 4.95. The number of aromatic amines is 1. The Balaban J connectivity index is 1.35. The van der Waals surface area contributed by atoms with E-state index in [0.717, 1.165) is 34.1 Å². The molecule has 0 aliphatic heterocycles. The van der Waals surface area contributed by atoms with E-state index in [9.17, 15) is 9.59 Å². The van der Waals surface area contributed by atoms with Crippen LogP contribution in [0.25, 0.3) is 10.9 Å². The van der Waals surface area contributed by atoms with Gasteiger partial charge in [-0.15, -0.1) is 0 Å². The van der Waals surface area contributed by atoms with Crippen molar-refractivity contribution in [3.05, 3.63) is 82.4 Å². The van der Waals surface area contributed by atoms with Crippen molar-refractivity contribution < 1.29 is 23.6 Å². The zero-order valence-electron chi connectivity index (χ0n) is 18.2. The van der Waals surface area contributed by atoms with E-state index in [1.807, 2.05) is 32.0 Å². The molecular formula is C25H24N2O5. The number of nitrogens with one attached hydrogen (secondary N) is 1. The van der Waals surface area contributed by atoms with Gasteiger partial charge in [0.15, 0.2) is 6.61 Å². The number of ketones is 1. The van der Waals surface area contributed by atoms with E-state index in [1.165, 1.54) is 0 Å². The highest BCUT2D eigenvalue weighted by molar-refractivity contribution is 6.09. The number of carbonyl (C=O) groups excluding carboxylic acids is 2. The van der Waals surface area contributed by atoms with Crippen molar-refractivity contribution >= 4 is 22.7 Å². The molecule has 4 aromatic rings. The fraction of sp³-hybridized carbons (Fsp3) is 0.240. The molecule has 164 valence electrons. The monoisotopic (exact) mass is 432 g/mol. The Morgan fingerprint density at radius 2 is 1.88 bits per heavy atom. The summed E-state index contributed by atoms with van der Waals surface area (Å²) in [7, 11) is 0. The molecule has 0 bridgehead atoms. The summed E-state index contributed by atoms with van der Waals surface area (Å²) in [5.41, 5.74) is 4.62. The van der Waals surface area contributed by atoms with Crippen molar-refractivity contribution in [1.82, 2.24) is 10.1 Å². The van der Waals surface area contributed by atoms with Gasteiger partial charge in [-0.3, -0.25) is 4.79 Å². The van der Waals surface area contributed by atoms with Gasteiger partial charge in [-0.05, 0) is 50.1 Å². The molecule has 0 saturated heterocycles. The Hall–Kier alpha value is -3.87. The topological polar surface area (TPSA) is 94.4 Å². The molecule has 2 aromatic heterocycles. The molecule has 2 aromatic carbocycles. The maximum absolute atomic E-state index is 12.6. The number of ether oxygens (including phenoxy) is 2. The van der Waals surface area contributed by atoms with Gasteiger partial charge in [0.25, 0.3) is 0 Å². The van der Waals surface area contributed by atoms with E-state index in [1.54, 1.807) is 30.5 Å². The maximum Gasteiger partial charge on any atom is 0.338 e. The quantitative estimate of drug-likeness (QED) is 0.313. The van der Waals surface area contributed by atoms with Gasteiger partial charge in [0.2, 0.25) is 5.78 Å². The van der Waals surface area contributed by atoms with Crippen LogP contribution in [-0.2, 0) is 17.8 Å². The predicted molar refractivity (Wildman–Crippen MR) is 119 cm³/mol. The number of aromatic nitrogens is 2. The number of rotatable bonds is 8. The molecule has 2 heterocycles. The normalized spacial score (nSPS) is 11.0. The molecule has 7 heteroatoms. The Labute approximate surface area is 185 Å². The van der Waals surface area contributed by atoms with Crippen LogP contribution in [0.1, 0.15) is 50.2 Å². The first-order valence-corrected chi connectivity index (χ1v) is 10.4. The molecule has 0 radical (unpaired) electrons. The van der Waals surface area contributed by atoms with E-state index in [-0.39, 0.29) is 12.4 Å². The lowest BCUT2D eigenvalue weighted by atomic mass is 10.1. The number of para-hydroxylation sites is 1. The van der Waals surface area contributed by atoms with Crippen LogP contribution in [-0.4, -0.2) is 28.5 Å². The van der Waals surface area contributed by atoms with Crippen LogP contribution in [0, 0.1) is 13.8 Å². The summed E-state index contributed by atoms with van der Waals surface area (Å²) >= 11 is 0. The molecule has 0 spiro atoms. The van der Waals surface area contributed by atoms with Crippen molar-refractivity contribution in [1.29, 1.82) is 0 Å². The van der Waals surface area contributed by atoms with Gasteiger partial charge in [-0.25, -0.2) is 4.79 Å². The summed E-state index contributed by atoms with van der Waals surface area (Å²) in [6.07, 6.45) is 2.53. The molecule has 0 unspecified atom stereocenters. The van der Waals surface area contributed by atoms with E-state index in [4.69, 9.17) is 14.0 Å². The molecule has 1 N–H and O–H groups in total. The molecule has 0 amide bonds. The van der Waals surface area contributed by atoms with Crippen LogP contribution >= 0.6 is 0 Å². The number of hydrogen-bond donors (Lipinski definition) is 1. The lowest BCUT2D eigenvalue weighted by Gasteiger charge is -2.07. The minimum atomic E-state index is -0.565. The van der Waals surface area contributed by atoms with Crippen LogP contribution in [0.4, 0.5) is 0 Å². The molecule has 4 rings (SSSR count). The third kappa shape index (κ3) is 4.27. The van der Waals surface area contributed by atoms with Crippen LogP contribution in [0.15, 0.2) is 53.2 Å². The van der Waals surface area contributed by atoms with Gasteiger partial charge in [0.05, 0.1) is 16.8 Å². The molecule has 32 heavy (non-hydrogen) atoms. The maximum atomic E-state index is 12.6. The third-order valence-corrected chi connectivity index (χ3v) is 5.47. The SMILES string of the molecule is CCc1cccc2c(C(=O)COC(=O)c3ccc(OCc4c(C)noc4C)cc3)c[nH]c12. The van der Waals surface area contributed by atoms with Gasteiger partial charge in [-0.1, -0.05) is 30.3 Å². The molecule has 0 fully saturated rings. The summed E-state index contributed by atoms with van der Waals surface area (Å²) in [6, 6.07) is 12.4. The number of hydrogen-bond acceptors (Lipinski definition) is 6. The zero-order valence-corrected chi connectivity index (χ0v) is 18.2. The van der Waals surface area contributed by atoms with Crippen LogP contribution in [0.5, 0.6) is 5.75 Å². The van der Waals surface area contributed by atoms with E-state index in [2.05, 4.69) is 17.1 Å². The second kappa shape index (κ2) is 9.09. The van der Waals surface area contributed by atoms with Gasteiger partial charge in [0, 0.05) is 22.7 Å². The van der Waals surface area contributed by atoms with Crippen LogP contribution in [0.2, 0.25) is 0 Å². The van der Waals surface area contributed by atoms with Crippen molar-refractivity contribution in [2.45, 2.75) is 33.8 Å². The molecule has 0 aliphatic rings. The highest BCUT2D eigenvalue weighted by Gasteiger charge is 2.16. The number of esters is 1. The fourth-order valence-corrected chi connectivity index (χ4v) is 3.59. The van der Waals surface area contributed by atoms with Crippen molar-refractivity contribution in [2.24, 2.45) is 0 Å². The first-order valence-electron chi connectivity index (χ1n) is 10.4. The number of fused-ring (bicyclic) bond motifs is 1. The Bertz CT molecular complexity index is 1250. The number of aryl methyl sites for hydroxylation is 3. The average molecular weight is 432 g/mol. The molecule has 7 nitrogen and oxygen atoms in total. The number of nitrogens with zero attached hydrogens (tertiary/aromatic N) is 1. The minimum absolute atomic E-state index is 0.253. The van der Waals surface area contributed by atoms with Crippen LogP contribution < -0.4 is 4.74 Å². The van der Waals surface area contributed by atoms with Crippen molar-refractivity contribution in [3.8, 4) is 5.75 Å². The second-order valence-electron chi connectivity index (χ2n) is 7.51. The highest BCUT2D eigenvalue weighted by Crippen LogP contribution is 2.23. The Morgan fingerprint density at radius 3 is 2.56 bits per heavy atom. The second-order valence-corrected chi connectivity index (χ2v) is 7.51. The van der Waals surface area contributed by atoms with E-state index < -0.39 is 5.97 Å². The highest BCUT2D eigenvalue weighted by atomic mass is 16.5. The largest absolute Gasteiger partial charge is 0.489 e. The van der Waals surface area contributed by atoms with Gasteiger partial charge < -0.3 is 19.0 Å². The third-order valence-electron chi connectivity index (χ3n) is 5.47. The fourth-order valence-electron chi connectivity index (χ4n) is 3.59. The van der Waals surface area contributed by atoms with Crippen molar-refractivity contribution in [3.63, 3.8) is 0 Å². The molecule has 0 atom stereocenters. The number of H-pyrrole nitrogens is 1. The molecular weight excluding hydrogens is 408 g/mol. The van der Waals surface area contributed by atoms with Gasteiger partial charge >= 0.3 is 5.97 Å². The van der Waals surface area contributed by atoms with Gasteiger partial charge in [-0.2, -0.15) is 0 Å². The average Bonchev–Trinajstić information content (AvgIpc) is 3.39. The van der Waals surface area contributed by atoms with Crippen LogP contribution in [0.3, 0.4) is 0 Å². The number of benzene rings is 2. The summed E-state index contributed by atoms with van der Waals surface area (Å²) in [5.74, 6) is 0.499. The van der Waals surface area contributed by atoms with Gasteiger partial charge in [0.1, 0.15) is 18.1 Å². The van der Waals surface area contributed by atoms with Crippen molar-refractivity contribution in [2.75, 3.05) is 6.61 Å². The number of Topliss-reactive ketones (excluding diaryl/α,β-unsaturated/α-hetero) is 1. The van der Waals surface area contributed by atoms with E-state index >= 15 is 0 Å². The Morgan fingerprint density at radius 1 is 1.09 bits per heavy atom. The summed E-state index contributed by atoms with van der Waals surface area (Å²) in [4.78, 5) is 28.2. The smallest absolute Gasteiger partial charge is 0.338 e. The lowest BCUT2D eigenvalue weighted by molar-refractivity contribution is 0.0475. The molecule has 0 saturated carbocycles. The summed E-state index contributed by atoms with van der Waals surface area (Å²) < 4.78 is 16.1. The standard InChI is InChI=1S/C25H24N2O5/c1-4-17-6-5-7-20-21(12-26-24(17)20)23(28)14-31-25(29)18-8-10-19(11-9-18)30-13-22-15(2)27-32-16(22)3/h5-12,26H,4,13-14H2,1-3H3. The van der Waals surface area contributed by atoms with E-state index in [0.29, 0.717) is 29.2 Å². The zero-order chi connectivity index (χ0) is 22.7. The Kier molecular flexibility index (Phi) is 6.07.